The Bertz CT molecular complexity index is 610. The van der Waals surface area contributed by atoms with E-state index in [1.54, 1.807) is 5.38 Å². The maximum atomic E-state index is 12.4. The van der Waals surface area contributed by atoms with Crippen LogP contribution in [-0.4, -0.2) is 16.7 Å². The maximum Gasteiger partial charge on any atom is 0.349 e. The molecule has 2 aromatic rings. The summed E-state index contributed by atoms with van der Waals surface area (Å²) in [5.41, 5.74) is 0.827. The van der Waals surface area contributed by atoms with Gasteiger partial charge in [-0.25, -0.2) is 9.78 Å². The molecule has 0 amide bonds. The molecule has 0 unspecified atom stereocenters. The predicted molar refractivity (Wildman–Crippen MR) is 76.9 cm³/mol. The van der Waals surface area contributed by atoms with Gasteiger partial charge in [0.2, 0.25) is 0 Å². The van der Waals surface area contributed by atoms with E-state index in [0.717, 1.165) is 26.9 Å². The van der Waals surface area contributed by atoms with Crippen LogP contribution in [0.25, 0.3) is 0 Å². The van der Waals surface area contributed by atoms with Crippen LogP contribution in [0.2, 0.25) is 0 Å². The number of aryl methyl sites for hydroxylation is 2. The van der Waals surface area contributed by atoms with Crippen LogP contribution in [0.4, 0.5) is 8.78 Å². The van der Waals surface area contributed by atoms with Crippen molar-refractivity contribution in [1.29, 1.82) is 0 Å². The first kappa shape index (κ1) is 15.4. The number of alkyl halides is 2. The van der Waals surface area contributed by atoms with Gasteiger partial charge in [-0.3, -0.25) is 0 Å². The van der Waals surface area contributed by atoms with Crippen LogP contribution in [0.15, 0.2) is 16.3 Å². The second-order valence-electron chi connectivity index (χ2n) is 3.81. The molecule has 8 heteroatoms. The quantitative estimate of drug-likeness (QED) is 0.596. The predicted octanol–water partition coefficient (Wildman–Crippen LogP) is 4.49. The molecule has 0 aliphatic carbocycles. The molecule has 0 aromatic carbocycles. The number of nitrogens with zero attached hydrogens (tertiary/aromatic N) is 1. The lowest BCUT2D eigenvalue weighted by Crippen LogP contribution is -2.04. The lowest BCUT2D eigenvalue weighted by Gasteiger charge is -2.04. The summed E-state index contributed by atoms with van der Waals surface area (Å²) in [5, 5.41) is 2.50. The van der Waals surface area contributed by atoms with Crippen molar-refractivity contribution in [3.63, 3.8) is 0 Å². The molecule has 0 bridgehead atoms. The largest absolute Gasteiger partial charge is 0.456 e. The van der Waals surface area contributed by atoms with Gasteiger partial charge in [-0.15, -0.1) is 22.7 Å². The number of thioether (sulfide) groups is 1. The van der Waals surface area contributed by atoms with E-state index in [0.29, 0.717) is 11.8 Å². The highest BCUT2D eigenvalue weighted by molar-refractivity contribution is 7.99. The standard InChI is InChI=1S/C12H11F2NO2S3/c1-6-9(19-7(2)15-6)5-17-11(16)10-8(3-4-18-10)20-12(13)14/h3-4,12H,5H2,1-2H3. The topological polar surface area (TPSA) is 39.2 Å². The molecule has 20 heavy (non-hydrogen) atoms. The van der Waals surface area contributed by atoms with Gasteiger partial charge < -0.3 is 4.74 Å². The minimum atomic E-state index is -2.55. The first-order valence-electron chi connectivity index (χ1n) is 5.59. The first-order valence-corrected chi connectivity index (χ1v) is 8.17. The first-order chi connectivity index (χ1) is 9.47. The molecule has 0 fully saturated rings. The maximum absolute atomic E-state index is 12.4. The summed E-state index contributed by atoms with van der Waals surface area (Å²) >= 11 is 2.92. The van der Waals surface area contributed by atoms with E-state index in [1.807, 2.05) is 13.8 Å². The van der Waals surface area contributed by atoms with Gasteiger partial charge in [-0.05, 0) is 25.3 Å². The van der Waals surface area contributed by atoms with Gasteiger partial charge in [0.05, 0.1) is 15.6 Å². The monoisotopic (exact) mass is 335 g/mol. The summed E-state index contributed by atoms with van der Waals surface area (Å²) in [4.78, 5) is 17.5. The Kier molecular flexibility index (Phi) is 5.11. The summed E-state index contributed by atoms with van der Waals surface area (Å²) in [7, 11) is 0. The lowest BCUT2D eigenvalue weighted by molar-refractivity contribution is 0.0478. The number of hydrogen-bond donors (Lipinski definition) is 0. The van der Waals surface area contributed by atoms with E-state index in [1.165, 1.54) is 17.4 Å². The minimum Gasteiger partial charge on any atom is -0.456 e. The zero-order chi connectivity index (χ0) is 14.7. The van der Waals surface area contributed by atoms with Crippen LogP contribution in [0.1, 0.15) is 25.3 Å². The van der Waals surface area contributed by atoms with E-state index in [2.05, 4.69) is 4.98 Å². The van der Waals surface area contributed by atoms with Gasteiger partial charge >= 0.3 is 5.97 Å². The Balaban J connectivity index is 2.02. The third kappa shape index (κ3) is 3.77. The molecule has 0 saturated carbocycles. The molecule has 0 radical (unpaired) electrons. The third-order valence-corrected chi connectivity index (χ3v) is 5.21. The second kappa shape index (κ2) is 6.64. The fourth-order valence-electron chi connectivity index (χ4n) is 1.54. The average molecular weight is 335 g/mol. The Morgan fingerprint density at radius 1 is 1.50 bits per heavy atom. The number of thiophene rings is 1. The van der Waals surface area contributed by atoms with E-state index in [9.17, 15) is 13.6 Å². The minimum absolute atomic E-state index is 0.118. The highest BCUT2D eigenvalue weighted by Crippen LogP contribution is 2.32. The number of halogens is 2. The third-order valence-electron chi connectivity index (χ3n) is 2.36. The van der Waals surface area contributed by atoms with Crippen LogP contribution in [0.3, 0.4) is 0 Å². The summed E-state index contributed by atoms with van der Waals surface area (Å²) < 4.78 is 29.9. The molecule has 2 aromatic heterocycles. The molecular weight excluding hydrogens is 324 g/mol. The zero-order valence-electron chi connectivity index (χ0n) is 10.7. The van der Waals surface area contributed by atoms with Crippen molar-refractivity contribution in [3.8, 4) is 0 Å². The number of aromatic nitrogens is 1. The number of thiazole rings is 1. The van der Waals surface area contributed by atoms with Gasteiger partial charge in [0.1, 0.15) is 11.5 Å². The van der Waals surface area contributed by atoms with Crippen molar-refractivity contribution < 1.29 is 18.3 Å². The summed E-state index contributed by atoms with van der Waals surface area (Å²) in [6.45, 7) is 3.84. The molecule has 0 atom stereocenters. The zero-order valence-corrected chi connectivity index (χ0v) is 13.1. The van der Waals surface area contributed by atoms with Gasteiger partial charge in [-0.2, -0.15) is 8.78 Å². The van der Waals surface area contributed by atoms with Gasteiger partial charge in [0.15, 0.2) is 0 Å². The average Bonchev–Trinajstić information content (AvgIpc) is 2.92. The second-order valence-corrected chi connectivity index (χ2v) is 7.05. The van der Waals surface area contributed by atoms with Gasteiger partial charge in [0, 0.05) is 4.90 Å². The molecule has 108 valence electrons. The summed E-state index contributed by atoms with van der Waals surface area (Å²) in [6, 6.07) is 1.50. The molecule has 2 heterocycles. The van der Waals surface area contributed by atoms with Crippen molar-refractivity contribution in [1.82, 2.24) is 4.98 Å². The van der Waals surface area contributed by atoms with Crippen LogP contribution >= 0.6 is 34.4 Å². The molecule has 0 aliphatic rings. The number of hydrogen-bond acceptors (Lipinski definition) is 6. The lowest BCUT2D eigenvalue weighted by atomic mass is 10.4. The van der Waals surface area contributed by atoms with Crippen LogP contribution in [0.5, 0.6) is 0 Å². The van der Waals surface area contributed by atoms with E-state index in [-0.39, 0.29) is 16.4 Å². The molecule has 0 saturated heterocycles. The van der Waals surface area contributed by atoms with Crippen molar-refractivity contribution in [2.24, 2.45) is 0 Å². The fourth-order valence-corrected chi connectivity index (χ4v) is 3.97. The normalized spacial score (nSPS) is 11.1. The number of ether oxygens (including phenoxy) is 1. The highest BCUT2D eigenvalue weighted by atomic mass is 32.2. The molecular formula is C12H11F2NO2S3. The Hall–Kier alpha value is -0.990. The van der Waals surface area contributed by atoms with Crippen LogP contribution in [-0.2, 0) is 11.3 Å². The van der Waals surface area contributed by atoms with Gasteiger partial charge in [0.25, 0.3) is 5.76 Å². The molecule has 3 nitrogen and oxygen atoms in total. The van der Waals surface area contributed by atoms with E-state index >= 15 is 0 Å². The fraction of sp³-hybridized carbons (Fsp3) is 0.333. The number of esters is 1. The molecule has 0 N–H and O–H groups in total. The van der Waals surface area contributed by atoms with Crippen molar-refractivity contribution in [2.75, 3.05) is 0 Å². The highest BCUT2D eigenvalue weighted by Gasteiger charge is 2.19. The van der Waals surface area contributed by atoms with Gasteiger partial charge in [-0.1, -0.05) is 11.8 Å². The summed E-state index contributed by atoms with van der Waals surface area (Å²) in [5.74, 6) is -3.13. The van der Waals surface area contributed by atoms with Crippen molar-refractivity contribution >= 4 is 40.4 Å². The SMILES string of the molecule is Cc1nc(C)c(COC(=O)c2sccc2SC(F)F)s1. The number of rotatable bonds is 5. The molecule has 0 spiro atoms. The van der Waals surface area contributed by atoms with Crippen molar-refractivity contribution in [2.45, 2.75) is 31.1 Å². The number of carbonyl (C=O) groups is 1. The Morgan fingerprint density at radius 3 is 2.85 bits per heavy atom. The van der Waals surface area contributed by atoms with Crippen LogP contribution < -0.4 is 0 Å². The Morgan fingerprint density at radius 2 is 2.25 bits per heavy atom. The van der Waals surface area contributed by atoms with E-state index < -0.39 is 11.7 Å². The number of carbonyl (C=O) groups excluding carboxylic acids is 1. The molecule has 2 rings (SSSR count). The summed E-state index contributed by atoms with van der Waals surface area (Å²) in [6.07, 6.45) is 0. The smallest absolute Gasteiger partial charge is 0.349 e. The van der Waals surface area contributed by atoms with E-state index in [4.69, 9.17) is 4.74 Å². The van der Waals surface area contributed by atoms with Crippen molar-refractivity contribution in [3.05, 3.63) is 31.9 Å². The van der Waals surface area contributed by atoms with Crippen LogP contribution in [0, 0.1) is 13.8 Å². The molecule has 0 aliphatic heterocycles. The Labute approximate surface area is 127 Å².